The maximum atomic E-state index is 11.5. The standard InChI is InChI=1S/C33H31Cl2N7O4S/c1-46-33-26(15-36-13-18-8-9-28(43)40-18)39-16-25(42-33)22-6-2-4-20(30(22)34)21-5-3-7-24(31(21)35)41-32-23-12-19(14-37-17-29(44)45)47-27(23)10-11-38-32/h2-7,10-12,16,18,36-37H,8-9,13-15,17H2,1H3,(H,38,41)(H,40,43)(H,44,45)/t18-/m0/s1. The molecule has 1 saturated heterocycles. The number of fused-ring (bicyclic) bond motifs is 1. The average molecular weight is 693 g/mol. The number of thiophene rings is 1. The first-order valence-electron chi connectivity index (χ1n) is 14.9. The maximum absolute atomic E-state index is 11.5. The molecule has 3 aromatic heterocycles. The van der Waals surface area contributed by atoms with Crippen LogP contribution in [0.2, 0.25) is 10.0 Å². The molecule has 1 atom stereocenters. The molecule has 0 spiro atoms. The van der Waals surface area contributed by atoms with Crippen LogP contribution in [0.4, 0.5) is 11.5 Å². The van der Waals surface area contributed by atoms with Crippen molar-refractivity contribution in [3.05, 3.63) is 81.5 Å². The molecule has 1 fully saturated rings. The normalized spacial score (nSPS) is 14.4. The number of hydrogen-bond donors (Lipinski definition) is 5. The lowest BCUT2D eigenvalue weighted by Gasteiger charge is -2.15. The number of carbonyl (C=O) groups excluding carboxylic acids is 1. The minimum atomic E-state index is -0.905. The van der Waals surface area contributed by atoms with Crippen molar-refractivity contribution in [1.82, 2.24) is 30.9 Å². The molecule has 5 aromatic rings. The van der Waals surface area contributed by atoms with E-state index in [4.69, 9.17) is 38.0 Å². The van der Waals surface area contributed by atoms with Crippen LogP contribution in [0.25, 0.3) is 32.5 Å². The summed E-state index contributed by atoms with van der Waals surface area (Å²) in [5.74, 6) is 0.186. The summed E-state index contributed by atoms with van der Waals surface area (Å²) in [4.78, 5) is 37.2. The quantitative estimate of drug-likeness (QED) is 0.0991. The Morgan fingerprint density at radius 1 is 1.06 bits per heavy atom. The smallest absolute Gasteiger partial charge is 0.317 e. The molecule has 0 radical (unpaired) electrons. The van der Waals surface area contributed by atoms with Gasteiger partial charge in [0.1, 0.15) is 11.5 Å². The number of nitrogens with one attached hydrogen (secondary N) is 4. The number of carboxylic acids is 1. The van der Waals surface area contributed by atoms with E-state index in [2.05, 4.69) is 31.2 Å². The summed E-state index contributed by atoms with van der Waals surface area (Å²) in [5.41, 5.74) is 3.96. The fourth-order valence-corrected chi connectivity index (χ4v) is 7.03. The van der Waals surface area contributed by atoms with Gasteiger partial charge in [-0.05, 0) is 24.6 Å². The Bertz CT molecular complexity index is 1950. The van der Waals surface area contributed by atoms with Crippen LogP contribution in [-0.2, 0) is 22.7 Å². The van der Waals surface area contributed by atoms with Crippen molar-refractivity contribution in [1.29, 1.82) is 0 Å². The number of carboxylic acid groups (broad SMARTS) is 1. The number of aromatic nitrogens is 3. The van der Waals surface area contributed by atoms with E-state index in [0.717, 1.165) is 32.5 Å². The van der Waals surface area contributed by atoms with Crippen LogP contribution in [-0.4, -0.2) is 58.2 Å². The van der Waals surface area contributed by atoms with Gasteiger partial charge in [-0.3, -0.25) is 14.6 Å². The van der Waals surface area contributed by atoms with Crippen LogP contribution < -0.4 is 26.0 Å². The maximum Gasteiger partial charge on any atom is 0.317 e. The van der Waals surface area contributed by atoms with E-state index in [1.54, 1.807) is 30.8 Å². The molecule has 6 rings (SSSR count). The van der Waals surface area contributed by atoms with Crippen molar-refractivity contribution < 1.29 is 19.4 Å². The number of methoxy groups -OCH3 is 1. The Hall–Kier alpha value is -4.33. The van der Waals surface area contributed by atoms with Crippen LogP contribution in [0.1, 0.15) is 23.4 Å². The van der Waals surface area contributed by atoms with Gasteiger partial charge >= 0.3 is 5.97 Å². The van der Waals surface area contributed by atoms with E-state index in [0.29, 0.717) is 70.4 Å². The van der Waals surface area contributed by atoms with Crippen LogP contribution >= 0.6 is 34.5 Å². The summed E-state index contributed by atoms with van der Waals surface area (Å²) in [7, 11) is 1.55. The highest BCUT2D eigenvalue weighted by molar-refractivity contribution is 7.19. The van der Waals surface area contributed by atoms with E-state index in [1.165, 1.54) is 0 Å². The Kier molecular flexibility index (Phi) is 10.1. The lowest BCUT2D eigenvalue weighted by molar-refractivity contribution is -0.136. The first-order chi connectivity index (χ1) is 22.8. The van der Waals surface area contributed by atoms with E-state index >= 15 is 0 Å². The third-order valence-corrected chi connectivity index (χ3v) is 9.58. The summed E-state index contributed by atoms with van der Waals surface area (Å²) < 4.78 is 6.58. The van der Waals surface area contributed by atoms with Gasteiger partial charge in [-0.25, -0.2) is 9.97 Å². The van der Waals surface area contributed by atoms with Crippen LogP contribution in [0.3, 0.4) is 0 Å². The van der Waals surface area contributed by atoms with Crippen molar-refractivity contribution in [2.75, 3.05) is 25.5 Å². The Labute approximate surface area is 284 Å². The second-order valence-electron chi connectivity index (χ2n) is 10.9. The number of carbonyl (C=O) groups is 2. The van der Waals surface area contributed by atoms with Crippen LogP contribution in [0.5, 0.6) is 5.88 Å². The minimum absolute atomic E-state index is 0.0780. The molecular formula is C33H31Cl2N7O4S. The molecule has 0 saturated carbocycles. The fourth-order valence-electron chi connectivity index (χ4n) is 5.40. The molecule has 1 aliphatic heterocycles. The topological polar surface area (TPSA) is 150 Å². The number of hydrogen-bond acceptors (Lipinski definition) is 10. The monoisotopic (exact) mass is 691 g/mol. The highest BCUT2D eigenvalue weighted by Crippen LogP contribution is 2.42. The second kappa shape index (κ2) is 14.6. The van der Waals surface area contributed by atoms with Gasteiger partial charge < -0.3 is 31.1 Å². The SMILES string of the molecule is COc1nc(-c2cccc(-c3cccc(Nc4nccc5sc(CNCC(=O)O)cc45)c3Cl)c2Cl)cnc1CNC[C@@H]1CCC(=O)N1. The molecular weight excluding hydrogens is 661 g/mol. The van der Waals surface area contributed by atoms with E-state index < -0.39 is 5.97 Å². The first-order valence-corrected chi connectivity index (χ1v) is 16.4. The molecule has 5 N–H and O–H groups in total. The zero-order chi connectivity index (χ0) is 32.9. The largest absolute Gasteiger partial charge is 0.480 e. The van der Waals surface area contributed by atoms with Gasteiger partial charge in [0.2, 0.25) is 11.8 Å². The van der Waals surface area contributed by atoms with Gasteiger partial charge in [-0.15, -0.1) is 11.3 Å². The Morgan fingerprint density at radius 3 is 2.62 bits per heavy atom. The van der Waals surface area contributed by atoms with Crippen LogP contribution in [0.15, 0.2) is 60.9 Å². The van der Waals surface area contributed by atoms with Gasteiger partial charge in [-0.2, -0.15) is 0 Å². The third kappa shape index (κ3) is 7.47. The van der Waals surface area contributed by atoms with Gasteiger partial charge in [0.15, 0.2) is 0 Å². The number of rotatable bonds is 13. The molecule has 11 nitrogen and oxygen atoms in total. The molecule has 0 bridgehead atoms. The van der Waals surface area contributed by atoms with Gasteiger partial charge in [-0.1, -0.05) is 53.5 Å². The summed E-state index contributed by atoms with van der Waals surface area (Å²) >= 11 is 15.6. The first kappa shape index (κ1) is 32.6. The second-order valence-corrected chi connectivity index (χ2v) is 12.8. The number of amides is 1. The van der Waals surface area contributed by atoms with E-state index in [9.17, 15) is 9.59 Å². The number of pyridine rings is 1. The molecule has 47 heavy (non-hydrogen) atoms. The molecule has 1 aliphatic rings. The van der Waals surface area contributed by atoms with Crippen molar-refractivity contribution in [3.63, 3.8) is 0 Å². The van der Waals surface area contributed by atoms with Crippen molar-refractivity contribution in [3.8, 4) is 28.3 Å². The zero-order valence-electron chi connectivity index (χ0n) is 25.3. The summed E-state index contributed by atoms with van der Waals surface area (Å²) in [6, 6.07) is 15.3. The Balaban J connectivity index is 1.23. The number of anilines is 2. The average Bonchev–Trinajstić information content (AvgIpc) is 3.68. The molecule has 4 heterocycles. The molecule has 14 heteroatoms. The highest BCUT2D eigenvalue weighted by atomic mass is 35.5. The lowest BCUT2D eigenvalue weighted by atomic mass is 10.0. The minimum Gasteiger partial charge on any atom is -0.480 e. The lowest BCUT2D eigenvalue weighted by Crippen LogP contribution is -2.35. The number of aliphatic carboxylic acids is 1. The third-order valence-electron chi connectivity index (χ3n) is 7.66. The number of benzene rings is 2. The van der Waals surface area contributed by atoms with Crippen molar-refractivity contribution >= 4 is 68.0 Å². The summed E-state index contributed by atoms with van der Waals surface area (Å²) in [5, 5.41) is 23.3. The predicted octanol–water partition coefficient (Wildman–Crippen LogP) is 6.02. The number of ether oxygens (including phenoxy) is 1. The molecule has 0 unspecified atom stereocenters. The molecule has 0 aliphatic carbocycles. The van der Waals surface area contributed by atoms with Gasteiger partial charge in [0.25, 0.3) is 0 Å². The van der Waals surface area contributed by atoms with Crippen molar-refractivity contribution in [2.45, 2.75) is 32.0 Å². The van der Waals surface area contributed by atoms with Crippen molar-refractivity contribution in [2.24, 2.45) is 0 Å². The fraction of sp³-hybridized carbons (Fsp3) is 0.242. The van der Waals surface area contributed by atoms with Gasteiger partial charge in [0.05, 0.1) is 41.3 Å². The summed E-state index contributed by atoms with van der Waals surface area (Å²) in [6.07, 6.45) is 4.75. The number of nitrogens with zero attached hydrogens (tertiary/aromatic N) is 3. The van der Waals surface area contributed by atoms with E-state index in [-0.39, 0.29) is 18.5 Å². The number of halogens is 2. The van der Waals surface area contributed by atoms with E-state index in [1.807, 2.05) is 48.5 Å². The zero-order valence-corrected chi connectivity index (χ0v) is 27.6. The highest BCUT2D eigenvalue weighted by Gasteiger charge is 2.21. The summed E-state index contributed by atoms with van der Waals surface area (Å²) in [6.45, 7) is 1.39. The predicted molar refractivity (Wildman–Crippen MR) is 185 cm³/mol. The van der Waals surface area contributed by atoms with Gasteiger partial charge in [0, 0.05) is 69.9 Å². The molecule has 1 amide bonds. The Morgan fingerprint density at radius 2 is 1.85 bits per heavy atom. The molecule has 2 aromatic carbocycles. The van der Waals surface area contributed by atoms with Crippen LogP contribution in [0, 0.1) is 0 Å². The molecule has 242 valence electrons.